The van der Waals surface area contributed by atoms with E-state index in [9.17, 15) is 13.2 Å². The molecule has 2 amide bonds. The average Bonchev–Trinajstić information content (AvgIpc) is 3.16. The molecule has 1 aromatic carbocycles. The van der Waals surface area contributed by atoms with Crippen molar-refractivity contribution in [3.05, 3.63) is 35.8 Å². The predicted molar refractivity (Wildman–Crippen MR) is 130 cm³/mol. The smallest absolute Gasteiger partial charge is 0.429 e. The number of sulfonamides is 1. The van der Waals surface area contributed by atoms with Crippen molar-refractivity contribution in [2.45, 2.75) is 32.1 Å². The average molecular weight is 492 g/mol. The number of amidine groups is 1. The lowest BCUT2D eigenvalue weighted by molar-refractivity contribution is -0.793. The lowest BCUT2D eigenvalue weighted by Crippen LogP contribution is -2.58. The Morgan fingerprint density at radius 2 is 1.88 bits per heavy atom. The number of urea groups is 1. The van der Waals surface area contributed by atoms with E-state index >= 15 is 0 Å². The number of carbonyl (C=O) groups is 1. The second-order valence-corrected chi connectivity index (χ2v) is 10.9. The number of amides is 2. The molecule has 1 unspecified atom stereocenters. The summed E-state index contributed by atoms with van der Waals surface area (Å²) < 4.78 is 34.2. The zero-order chi connectivity index (χ0) is 24.5. The molecule has 1 saturated heterocycles. The van der Waals surface area contributed by atoms with Crippen LogP contribution in [0.15, 0.2) is 40.1 Å². The minimum atomic E-state index is -3.69. The fourth-order valence-corrected chi connectivity index (χ4v) is 6.01. The first-order valence-corrected chi connectivity index (χ1v) is 13.4. The standard InChI is InChI=1S/C23H34N6O4S/c1-5-10-27-16-21-24-22(25-23(30)29(21,4)17-27)19-15-18(8-9-20(19)33-7-3)34(31,32)28-13-11-26(6-2)12-14-28/h8-9,15-16H,5-7,10-14,17H2,1-4H3/p+1. The summed E-state index contributed by atoms with van der Waals surface area (Å²) >= 11 is 0. The lowest BCUT2D eigenvalue weighted by Gasteiger charge is -2.33. The van der Waals surface area contributed by atoms with Crippen molar-refractivity contribution in [2.75, 3.05) is 59.6 Å². The summed E-state index contributed by atoms with van der Waals surface area (Å²) in [7, 11) is -1.86. The van der Waals surface area contributed by atoms with Crippen molar-refractivity contribution in [1.82, 2.24) is 19.4 Å². The van der Waals surface area contributed by atoms with Gasteiger partial charge in [0.15, 0.2) is 12.5 Å². The molecule has 1 N–H and O–H groups in total. The van der Waals surface area contributed by atoms with Gasteiger partial charge in [-0.2, -0.15) is 13.8 Å². The number of carbonyl (C=O) groups excluding carboxylic acids is 1. The molecule has 4 rings (SSSR count). The van der Waals surface area contributed by atoms with E-state index in [2.05, 4.69) is 29.0 Å². The number of fused-ring (bicyclic) bond motifs is 1. The van der Waals surface area contributed by atoms with E-state index in [0.29, 0.717) is 62.4 Å². The van der Waals surface area contributed by atoms with Crippen LogP contribution < -0.4 is 10.1 Å². The normalized spacial score (nSPS) is 23.9. The fourth-order valence-electron chi connectivity index (χ4n) is 4.56. The molecule has 1 fully saturated rings. The zero-order valence-corrected chi connectivity index (χ0v) is 21.3. The van der Waals surface area contributed by atoms with Crippen LogP contribution in [0.25, 0.3) is 0 Å². The molecular formula is C23H35N6O4S+. The van der Waals surface area contributed by atoms with Gasteiger partial charge < -0.3 is 14.5 Å². The van der Waals surface area contributed by atoms with Crippen molar-refractivity contribution in [3.63, 3.8) is 0 Å². The summed E-state index contributed by atoms with van der Waals surface area (Å²) in [4.78, 5) is 22.4. The van der Waals surface area contributed by atoms with E-state index in [1.807, 2.05) is 20.2 Å². The first-order chi connectivity index (χ1) is 16.2. The topological polar surface area (TPSA) is 94.6 Å². The van der Waals surface area contributed by atoms with Crippen LogP contribution in [0.2, 0.25) is 0 Å². The van der Waals surface area contributed by atoms with E-state index in [1.54, 1.807) is 18.2 Å². The molecule has 0 aliphatic carbocycles. The number of aliphatic imine (C=N–C) groups is 1. The van der Waals surface area contributed by atoms with Crippen LogP contribution in [0, 0.1) is 0 Å². The Bertz CT molecular complexity index is 1110. The van der Waals surface area contributed by atoms with E-state index in [1.165, 1.54) is 4.31 Å². The largest absolute Gasteiger partial charge is 0.493 e. The summed E-state index contributed by atoms with van der Waals surface area (Å²) in [5, 5.41) is 2.90. The van der Waals surface area contributed by atoms with Crippen LogP contribution in [-0.2, 0) is 10.0 Å². The van der Waals surface area contributed by atoms with Crippen LogP contribution in [0.3, 0.4) is 0 Å². The number of hydrogen-bond donors (Lipinski definition) is 1. The van der Waals surface area contributed by atoms with Gasteiger partial charge in [0.05, 0.1) is 30.3 Å². The molecule has 3 aliphatic heterocycles. The van der Waals surface area contributed by atoms with Crippen LogP contribution in [0.1, 0.15) is 32.8 Å². The van der Waals surface area contributed by atoms with Gasteiger partial charge in [-0.25, -0.2) is 13.2 Å². The maximum absolute atomic E-state index is 13.4. The molecule has 11 heteroatoms. The molecule has 3 aliphatic rings. The highest BCUT2D eigenvalue weighted by Gasteiger charge is 2.47. The molecule has 0 saturated carbocycles. The summed E-state index contributed by atoms with van der Waals surface area (Å²) in [6, 6.07) is 4.58. The van der Waals surface area contributed by atoms with E-state index in [4.69, 9.17) is 9.73 Å². The van der Waals surface area contributed by atoms with Gasteiger partial charge in [-0.15, -0.1) is 0 Å². The molecule has 0 aromatic heterocycles. The third kappa shape index (κ3) is 4.45. The Morgan fingerprint density at radius 3 is 2.53 bits per heavy atom. The molecule has 186 valence electrons. The number of quaternary nitrogens is 1. The first-order valence-electron chi connectivity index (χ1n) is 11.9. The van der Waals surface area contributed by atoms with Gasteiger partial charge in [0.25, 0.3) is 5.82 Å². The SMILES string of the molecule is CCCN1C=C2N=C(c3cc(S(=O)(=O)N4CCN(CC)CC4)ccc3OCC)NC(=O)[N+]2(C)C1. The summed E-state index contributed by atoms with van der Waals surface area (Å²) in [6.07, 6.45) is 2.87. The molecule has 34 heavy (non-hydrogen) atoms. The molecule has 1 atom stereocenters. The third-order valence-electron chi connectivity index (χ3n) is 6.60. The number of benzene rings is 1. The molecule has 10 nitrogen and oxygen atoms in total. The molecule has 1 aromatic rings. The highest BCUT2D eigenvalue weighted by molar-refractivity contribution is 7.89. The minimum Gasteiger partial charge on any atom is -0.493 e. The van der Waals surface area contributed by atoms with E-state index in [-0.39, 0.29) is 15.4 Å². The van der Waals surface area contributed by atoms with Gasteiger partial charge in [0.2, 0.25) is 10.0 Å². The maximum atomic E-state index is 13.4. The number of nitrogens with zero attached hydrogens (tertiary/aromatic N) is 5. The second kappa shape index (κ2) is 9.65. The van der Waals surface area contributed by atoms with Crippen LogP contribution in [0.4, 0.5) is 4.79 Å². The van der Waals surface area contributed by atoms with Crippen LogP contribution >= 0.6 is 0 Å². The van der Waals surface area contributed by atoms with E-state index in [0.717, 1.165) is 19.5 Å². The molecule has 0 radical (unpaired) electrons. The van der Waals surface area contributed by atoms with Gasteiger partial charge in [0.1, 0.15) is 5.75 Å². The highest BCUT2D eigenvalue weighted by atomic mass is 32.2. The van der Waals surface area contributed by atoms with E-state index < -0.39 is 10.0 Å². The Morgan fingerprint density at radius 1 is 1.15 bits per heavy atom. The fraction of sp³-hybridized carbons (Fsp3) is 0.565. The van der Waals surface area contributed by atoms with Gasteiger partial charge in [0, 0.05) is 32.7 Å². The van der Waals surface area contributed by atoms with Crippen molar-refractivity contribution < 1.29 is 22.4 Å². The van der Waals surface area contributed by atoms with Crippen LogP contribution in [0.5, 0.6) is 5.75 Å². The highest BCUT2D eigenvalue weighted by Crippen LogP contribution is 2.32. The molecule has 0 bridgehead atoms. The number of rotatable bonds is 8. The van der Waals surface area contributed by atoms with Crippen molar-refractivity contribution >= 4 is 21.9 Å². The quantitative estimate of drug-likeness (QED) is 0.558. The Labute approximate surface area is 202 Å². The van der Waals surface area contributed by atoms with Gasteiger partial charge in [-0.1, -0.05) is 13.8 Å². The molecule has 0 spiro atoms. The summed E-state index contributed by atoms with van der Waals surface area (Å²) in [6.45, 7) is 11.0. The Hall–Kier alpha value is -2.47. The lowest BCUT2D eigenvalue weighted by atomic mass is 10.1. The second-order valence-electron chi connectivity index (χ2n) is 8.95. The van der Waals surface area contributed by atoms with Gasteiger partial charge in [-0.05, 0) is 38.1 Å². The summed E-state index contributed by atoms with van der Waals surface area (Å²) in [5.74, 6) is 1.41. The van der Waals surface area contributed by atoms with Crippen LogP contribution in [-0.4, -0.2) is 98.5 Å². The third-order valence-corrected chi connectivity index (χ3v) is 8.50. The number of likely N-dealkylation sites (N-methyl/N-ethyl adjacent to an activating group) is 1. The minimum absolute atomic E-state index is 0.0349. The predicted octanol–water partition coefficient (Wildman–Crippen LogP) is 1.81. The maximum Gasteiger partial charge on any atom is 0.429 e. The Kier molecular flexibility index (Phi) is 6.99. The van der Waals surface area contributed by atoms with Crippen molar-refractivity contribution in [2.24, 2.45) is 4.99 Å². The number of hydrogen-bond acceptors (Lipinski definition) is 7. The monoisotopic (exact) mass is 491 g/mol. The zero-order valence-electron chi connectivity index (χ0n) is 20.5. The molecule has 3 heterocycles. The number of nitrogens with one attached hydrogen (secondary N) is 1. The van der Waals surface area contributed by atoms with Crippen molar-refractivity contribution in [1.29, 1.82) is 0 Å². The number of piperazine rings is 1. The van der Waals surface area contributed by atoms with Gasteiger partial charge >= 0.3 is 6.03 Å². The summed E-state index contributed by atoms with van der Waals surface area (Å²) in [5.41, 5.74) is 0.463. The Balaban J connectivity index is 1.71. The van der Waals surface area contributed by atoms with Gasteiger partial charge in [-0.3, -0.25) is 5.32 Å². The number of ether oxygens (including phenoxy) is 1. The molecular weight excluding hydrogens is 456 g/mol. The van der Waals surface area contributed by atoms with Crippen molar-refractivity contribution in [3.8, 4) is 5.75 Å². The first kappa shape index (κ1) is 24.6.